The second kappa shape index (κ2) is 9.46. The van der Waals surface area contributed by atoms with E-state index in [2.05, 4.69) is 6.07 Å². The molecule has 1 aliphatic heterocycles. The lowest BCUT2D eigenvalue weighted by molar-refractivity contribution is 0.405. The molecule has 0 aliphatic carbocycles. The number of rotatable bonds is 6. The molecule has 1 aliphatic rings. The van der Waals surface area contributed by atoms with Gasteiger partial charge in [-0.2, -0.15) is 5.10 Å². The van der Waals surface area contributed by atoms with E-state index in [4.69, 9.17) is 37.8 Å². The van der Waals surface area contributed by atoms with E-state index in [1.54, 1.807) is 20.3 Å². The Labute approximate surface area is 192 Å². The molecule has 3 aromatic rings. The molecule has 6 heteroatoms. The van der Waals surface area contributed by atoms with Crippen LogP contribution in [0.3, 0.4) is 0 Å². The van der Waals surface area contributed by atoms with Crippen LogP contribution in [0, 0.1) is 0 Å². The Morgan fingerprint density at radius 1 is 0.871 bits per heavy atom. The van der Waals surface area contributed by atoms with E-state index < -0.39 is 0 Å². The Morgan fingerprint density at radius 2 is 1.58 bits per heavy atom. The van der Waals surface area contributed by atoms with Crippen LogP contribution in [-0.4, -0.2) is 19.9 Å². The van der Waals surface area contributed by atoms with Gasteiger partial charge in [0.05, 0.1) is 41.7 Å². The highest BCUT2D eigenvalue weighted by atomic mass is 35.5. The lowest BCUT2D eigenvalue weighted by atomic mass is 9.99. The topological polar surface area (TPSA) is 34.1 Å². The van der Waals surface area contributed by atoms with Gasteiger partial charge in [0, 0.05) is 17.5 Å². The fourth-order valence-electron chi connectivity index (χ4n) is 3.67. The van der Waals surface area contributed by atoms with Crippen molar-refractivity contribution in [2.75, 3.05) is 19.2 Å². The molecular formula is C25H22Cl2N2O2. The molecule has 1 atom stereocenters. The highest BCUT2D eigenvalue weighted by Crippen LogP contribution is 2.40. The van der Waals surface area contributed by atoms with Gasteiger partial charge in [0.15, 0.2) is 0 Å². The van der Waals surface area contributed by atoms with Crippen molar-refractivity contribution in [3.05, 3.63) is 94.0 Å². The quantitative estimate of drug-likeness (QED) is 0.402. The van der Waals surface area contributed by atoms with Crippen LogP contribution in [0.2, 0.25) is 10.0 Å². The second-order valence-corrected chi connectivity index (χ2v) is 7.89. The first kappa shape index (κ1) is 21.3. The van der Waals surface area contributed by atoms with E-state index in [0.717, 1.165) is 34.0 Å². The molecule has 0 amide bonds. The number of benzene rings is 3. The molecule has 0 aromatic heterocycles. The molecule has 3 aromatic carbocycles. The Morgan fingerprint density at radius 3 is 2.32 bits per heavy atom. The lowest BCUT2D eigenvalue weighted by Crippen LogP contribution is -2.19. The van der Waals surface area contributed by atoms with E-state index >= 15 is 0 Å². The van der Waals surface area contributed by atoms with Crippen molar-refractivity contribution in [1.82, 2.24) is 0 Å². The molecule has 4 rings (SSSR count). The third-order valence-corrected chi connectivity index (χ3v) is 5.93. The van der Waals surface area contributed by atoms with Gasteiger partial charge in [-0.15, -0.1) is 0 Å². The summed E-state index contributed by atoms with van der Waals surface area (Å²) >= 11 is 12.4. The second-order valence-electron chi connectivity index (χ2n) is 7.07. The maximum absolute atomic E-state index is 6.30. The van der Waals surface area contributed by atoms with E-state index in [9.17, 15) is 0 Å². The summed E-state index contributed by atoms with van der Waals surface area (Å²) in [7, 11) is 3.35. The minimum Gasteiger partial charge on any atom is -0.496 e. The summed E-state index contributed by atoms with van der Waals surface area (Å²) in [5.74, 6) is 1.64. The van der Waals surface area contributed by atoms with Gasteiger partial charge in [0.1, 0.15) is 11.5 Å². The minimum atomic E-state index is -0.0364. The summed E-state index contributed by atoms with van der Waals surface area (Å²) in [6, 6.07) is 21.4. The molecule has 31 heavy (non-hydrogen) atoms. The number of para-hydroxylation sites is 2. The molecular weight excluding hydrogens is 431 g/mol. The Hall–Kier alpha value is -2.95. The highest BCUT2D eigenvalue weighted by Gasteiger charge is 2.30. The van der Waals surface area contributed by atoms with E-state index in [1.807, 2.05) is 71.8 Å². The van der Waals surface area contributed by atoms with Gasteiger partial charge in [-0.1, -0.05) is 59.6 Å². The summed E-state index contributed by atoms with van der Waals surface area (Å²) < 4.78 is 11.1. The number of anilines is 1. The van der Waals surface area contributed by atoms with Crippen molar-refractivity contribution in [1.29, 1.82) is 0 Å². The summed E-state index contributed by atoms with van der Waals surface area (Å²) in [6.45, 7) is 0. The summed E-state index contributed by atoms with van der Waals surface area (Å²) in [4.78, 5) is 0. The van der Waals surface area contributed by atoms with Crippen molar-refractivity contribution in [2.45, 2.75) is 12.5 Å². The van der Waals surface area contributed by atoms with Gasteiger partial charge in [-0.05, 0) is 42.5 Å². The standard InChI is InChI=1S/C25H22Cl2N2O2/c1-30-24-9-5-3-7-17(24)11-12-18-15-23(20-8-4-6-10-25(20)31-2)29(28-18)19-13-14-21(26)22(27)16-19/h3-14,16,23H,15H2,1-2H3/b12-11-/t23-/m1/s1. The smallest absolute Gasteiger partial charge is 0.126 e. The van der Waals surface area contributed by atoms with Gasteiger partial charge < -0.3 is 9.47 Å². The van der Waals surface area contributed by atoms with Crippen LogP contribution in [-0.2, 0) is 0 Å². The van der Waals surface area contributed by atoms with Crippen LogP contribution in [0.15, 0.2) is 77.9 Å². The highest BCUT2D eigenvalue weighted by molar-refractivity contribution is 6.42. The molecule has 0 radical (unpaired) electrons. The van der Waals surface area contributed by atoms with Crippen LogP contribution in [0.5, 0.6) is 11.5 Å². The number of hydrogen-bond acceptors (Lipinski definition) is 4. The van der Waals surface area contributed by atoms with Crippen LogP contribution in [0.1, 0.15) is 23.6 Å². The van der Waals surface area contributed by atoms with Gasteiger partial charge in [0.2, 0.25) is 0 Å². The third kappa shape index (κ3) is 4.55. The Balaban J connectivity index is 1.72. The Kier molecular flexibility index (Phi) is 6.50. The maximum Gasteiger partial charge on any atom is 0.126 e. The van der Waals surface area contributed by atoms with Gasteiger partial charge in [-0.3, -0.25) is 5.01 Å². The molecule has 0 unspecified atom stereocenters. The molecule has 0 fully saturated rings. The van der Waals surface area contributed by atoms with Gasteiger partial charge >= 0.3 is 0 Å². The van der Waals surface area contributed by atoms with Gasteiger partial charge in [-0.25, -0.2) is 0 Å². The maximum atomic E-state index is 6.30. The van der Waals surface area contributed by atoms with Crippen molar-refractivity contribution < 1.29 is 9.47 Å². The molecule has 0 saturated heterocycles. The predicted molar refractivity (Wildman–Crippen MR) is 129 cm³/mol. The molecule has 0 spiro atoms. The molecule has 0 saturated carbocycles. The van der Waals surface area contributed by atoms with Crippen LogP contribution in [0.25, 0.3) is 6.08 Å². The van der Waals surface area contributed by atoms with Crippen LogP contribution < -0.4 is 14.5 Å². The molecule has 1 heterocycles. The average Bonchev–Trinajstić information content (AvgIpc) is 3.23. The number of allylic oxidation sites excluding steroid dienone is 1. The summed E-state index contributed by atoms with van der Waals surface area (Å²) in [5, 5.41) is 7.88. The fourth-order valence-corrected chi connectivity index (χ4v) is 3.97. The van der Waals surface area contributed by atoms with E-state index in [1.165, 1.54) is 0 Å². The number of hydrazone groups is 1. The minimum absolute atomic E-state index is 0.0364. The number of methoxy groups -OCH3 is 2. The molecule has 0 N–H and O–H groups in total. The lowest BCUT2D eigenvalue weighted by Gasteiger charge is -2.25. The van der Waals surface area contributed by atoms with Crippen LogP contribution >= 0.6 is 23.2 Å². The van der Waals surface area contributed by atoms with Crippen molar-refractivity contribution in [2.24, 2.45) is 5.10 Å². The first-order chi connectivity index (χ1) is 15.1. The molecule has 4 nitrogen and oxygen atoms in total. The molecule has 0 bridgehead atoms. The fraction of sp³-hybridized carbons (Fsp3) is 0.160. The van der Waals surface area contributed by atoms with Crippen molar-refractivity contribution >= 4 is 40.7 Å². The normalized spacial score (nSPS) is 15.9. The zero-order valence-corrected chi connectivity index (χ0v) is 18.8. The summed E-state index contributed by atoms with van der Waals surface area (Å²) in [6.07, 6.45) is 4.76. The third-order valence-electron chi connectivity index (χ3n) is 5.19. The van der Waals surface area contributed by atoms with Crippen LogP contribution in [0.4, 0.5) is 5.69 Å². The number of hydrogen-bond donors (Lipinski definition) is 0. The zero-order valence-electron chi connectivity index (χ0n) is 17.3. The summed E-state index contributed by atoms with van der Waals surface area (Å²) in [5.41, 5.74) is 3.86. The number of nitrogens with zero attached hydrogens (tertiary/aromatic N) is 2. The molecule has 158 valence electrons. The number of ether oxygens (including phenoxy) is 2. The average molecular weight is 453 g/mol. The predicted octanol–water partition coefficient (Wildman–Crippen LogP) is 7.03. The monoisotopic (exact) mass is 452 g/mol. The van der Waals surface area contributed by atoms with Gasteiger partial charge in [0.25, 0.3) is 0 Å². The first-order valence-corrected chi connectivity index (χ1v) is 10.6. The Bertz CT molecular complexity index is 1140. The first-order valence-electron chi connectivity index (χ1n) is 9.86. The number of halogens is 2. The van der Waals surface area contributed by atoms with Crippen molar-refractivity contribution in [3.8, 4) is 11.5 Å². The SMILES string of the molecule is COc1ccccc1/C=C\C1=NN(c2ccc(Cl)c(Cl)c2)[C@@H](c2ccccc2OC)C1. The van der Waals surface area contributed by atoms with E-state index in [-0.39, 0.29) is 6.04 Å². The largest absolute Gasteiger partial charge is 0.496 e. The zero-order chi connectivity index (χ0) is 21.8. The van der Waals surface area contributed by atoms with E-state index in [0.29, 0.717) is 16.5 Å². The van der Waals surface area contributed by atoms with Crippen molar-refractivity contribution in [3.63, 3.8) is 0 Å².